The first-order valence-electron chi connectivity index (χ1n) is 3.32. The van der Waals surface area contributed by atoms with Gasteiger partial charge in [-0.2, -0.15) is 0 Å². The van der Waals surface area contributed by atoms with Crippen molar-refractivity contribution in [2.45, 2.75) is 18.2 Å². The predicted octanol–water partition coefficient (Wildman–Crippen LogP) is 3.84. The van der Waals surface area contributed by atoms with Gasteiger partial charge in [-0.1, -0.05) is 30.1 Å². The number of rotatable bonds is 1. The van der Waals surface area contributed by atoms with Gasteiger partial charge in [-0.3, -0.25) is 0 Å². The molecule has 0 fully saturated rings. The van der Waals surface area contributed by atoms with E-state index in [2.05, 4.69) is 19.6 Å². The molecule has 0 nitrogen and oxygen atoms in total. The zero-order valence-electron chi connectivity index (χ0n) is 6.06. The summed E-state index contributed by atoms with van der Waals surface area (Å²) in [6, 6.07) is 3.77. The smallest absolute Gasteiger partial charge is 0.0557 e. The van der Waals surface area contributed by atoms with Crippen LogP contribution < -0.4 is 0 Å². The van der Waals surface area contributed by atoms with Crippen molar-refractivity contribution in [3.8, 4) is 0 Å². The van der Waals surface area contributed by atoms with Crippen LogP contribution in [0.4, 0.5) is 0 Å². The van der Waals surface area contributed by atoms with Crippen LogP contribution in [0.1, 0.15) is 12.5 Å². The Labute approximate surface area is 81.9 Å². The number of thiol groups is 1. The maximum atomic E-state index is 5.84. The van der Waals surface area contributed by atoms with E-state index in [1.807, 2.05) is 12.1 Å². The molecule has 1 rings (SSSR count). The molecule has 0 aliphatic carbocycles. The first-order chi connectivity index (χ1) is 5.15. The minimum atomic E-state index is 0.623. The summed E-state index contributed by atoms with van der Waals surface area (Å²) in [4.78, 5) is 0.658. The maximum absolute atomic E-state index is 5.84. The van der Waals surface area contributed by atoms with E-state index in [0.29, 0.717) is 14.9 Å². The Kier molecular flexibility index (Phi) is 3.11. The molecule has 0 N–H and O–H groups in total. The molecule has 60 valence electrons. The normalized spacial score (nSPS) is 10.2. The minimum absolute atomic E-state index is 0.623. The Hall–Kier alpha value is 0.150. The van der Waals surface area contributed by atoms with E-state index in [-0.39, 0.29) is 0 Å². The van der Waals surface area contributed by atoms with Gasteiger partial charge >= 0.3 is 0 Å². The van der Waals surface area contributed by atoms with Crippen LogP contribution in [0, 0.1) is 0 Å². The average molecular weight is 207 g/mol. The monoisotopic (exact) mass is 206 g/mol. The third kappa shape index (κ3) is 2.05. The van der Waals surface area contributed by atoms with Gasteiger partial charge < -0.3 is 0 Å². The van der Waals surface area contributed by atoms with Crippen LogP contribution in [0.3, 0.4) is 0 Å². The van der Waals surface area contributed by atoms with Crippen molar-refractivity contribution >= 4 is 35.8 Å². The highest BCUT2D eigenvalue weighted by Gasteiger charge is 2.02. The van der Waals surface area contributed by atoms with E-state index >= 15 is 0 Å². The van der Waals surface area contributed by atoms with Crippen LogP contribution in [-0.2, 0) is 6.42 Å². The lowest BCUT2D eigenvalue weighted by atomic mass is 10.2. The molecule has 0 amide bonds. The zero-order valence-corrected chi connectivity index (χ0v) is 8.47. The number of hydrogen-bond acceptors (Lipinski definition) is 1. The van der Waals surface area contributed by atoms with E-state index in [9.17, 15) is 0 Å². The second-order valence-corrected chi connectivity index (χ2v) is 3.52. The molecule has 0 unspecified atom stereocenters. The largest absolute Gasteiger partial charge is 0.140 e. The second-order valence-electron chi connectivity index (χ2n) is 2.26. The van der Waals surface area contributed by atoms with E-state index in [1.54, 1.807) is 0 Å². The molecule has 0 spiro atoms. The van der Waals surface area contributed by atoms with E-state index in [1.165, 1.54) is 0 Å². The lowest BCUT2D eigenvalue weighted by Crippen LogP contribution is -1.81. The van der Waals surface area contributed by atoms with Gasteiger partial charge in [-0.15, -0.1) is 12.6 Å². The van der Waals surface area contributed by atoms with Gasteiger partial charge in [0.2, 0.25) is 0 Å². The molecule has 11 heavy (non-hydrogen) atoms. The van der Waals surface area contributed by atoms with Gasteiger partial charge in [0.1, 0.15) is 0 Å². The van der Waals surface area contributed by atoms with Gasteiger partial charge in [0.25, 0.3) is 0 Å². The SMILES string of the molecule is CCc1cc(Cl)c(S)c(Cl)c1. The summed E-state index contributed by atoms with van der Waals surface area (Å²) in [6.07, 6.45) is 0.938. The Morgan fingerprint density at radius 1 is 1.27 bits per heavy atom. The minimum Gasteiger partial charge on any atom is -0.140 e. The Morgan fingerprint density at radius 2 is 1.73 bits per heavy atom. The number of halogens is 2. The van der Waals surface area contributed by atoms with Gasteiger partial charge in [0.15, 0.2) is 0 Å². The molecule has 0 saturated heterocycles. The predicted molar refractivity (Wildman–Crippen MR) is 53.1 cm³/mol. The summed E-state index contributed by atoms with van der Waals surface area (Å²) in [5.41, 5.74) is 1.14. The summed E-state index contributed by atoms with van der Waals surface area (Å²) in [5, 5.41) is 1.25. The summed E-state index contributed by atoms with van der Waals surface area (Å²) >= 11 is 15.8. The molecular weight excluding hydrogens is 199 g/mol. The molecule has 0 atom stereocenters. The Bertz CT molecular complexity index is 248. The van der Waals surface area contributed by atoms with Crippen LogP contribution in [0.2, 0.25) is 10.0 Å². The molecule has 0 aliphatic heterocycles. The van der Waals surface area contributed by atoms with Crippen molar-refractivity contribution in [2.24, 2.45) is 0 Å². The van der Waals surface area contributed by atoms with E-state index in [4.69, 9.17) is 23.2 Å². The van der Waals surface area contributed by atoms with Crippen molar-refractivity contribution in [1.29, 1.82) is 0 Å². The van der Waals surface area contributed by atoms with Crippen LogP contribution in [-0.4, -0.2) is 0 Å². The van der Waals surface area contributed by atoms with Gasteiger partial charge in [0, 0.05) is 4.90 Å². The molecule has 0 heterocycles. The first-order valence-corrected chi connectivity index (χ1v) is 4.52. The third-order valence-corrected chi connectivity index (χ3v) is 2.83. The molecule has 0 aromatic heterocycles. The van der Waals surface area contributed by atoms with Crippen molar-refractivity contribution in [1.82, 2.24) is 0 Å². The molecular formula is C8H8Cl2S. The summed E-state index contributed by atoms with van der Waals surface area (Å²) in [6.45, 7) is 2.06. The van der Waals surface area contributed by atoms with Crippen molar-refractivity contribution in [3.05, 3.63) is 27.7 Å². The van der Waals surface area contributed by atoms with Crippen LogP contribution in [0.25, 0.3) is 0 Å². The fourth-order valence-electron chi connectivity index (χ4n) is 0.822. The van der Waals surface area contributed by atoms with Crippen molar-refractivity contribution < 1.29 is 0 Å². The lowest BCUT2D eigenvalue weighted by molar-refractivity contribution is 1.13. The highest BCUT2D eigenvalue weighted by molar-refractivity contribution is 7.80. The molecule has 1 aromatic rings. The third-order valence-electron chi connectivity index (χ3n) is 1.48. The summed E-state index contributed by atoms with van der Waals surface area (Å²) in [7, 11) is 0. The number of benzene rings is 1. The second kappa shape index (κ2) is 3.70. The lowest BCUT2D eigenvalue weighted by Gasteiger charge is -2.02. The number of hydrogen-bond donors (Lipinski definition) is 1. The van der Waals surface area contributed by atoms with Gasteiger partial charge in [-0.25, -0.2) is 0 Å². The van der Waals surface area contributed by atoms with Crippen molar-refractivity contribution in [3.63, 3.8) is 0 Å². The molecule has 1 aromatic carbocycles. The van der Waals surface area contributed by atoms with Crippen molar-refractivity contribution in [2.75, 3.05) is 0 Å². The fourth-order valence-corrected chi connectivity index (χ4v) is 1.48. The van der Waals surface area contributed by atoms with E-state index in [0.717, 1.165) is 12.0 Å². The zero-order chi connectivity index (χ0) is 8.43. The van der Waals surface area contributed by atoms with Crippen LogP contribution in [0.15, 0.2) is 17.0 Å². The summed E-state index contributed by atoms with van der Waals surface area (Å²) in [5.74, 6) is 0. The van der Waals surface area contributed by atoms with Crippen LogP contribution >= 0.6 is 35.8 Å². The average Bonchev–Trinajstić information content (AvgIpc) is 1.99. The topological polar surface area (TPSA) is 0 Å². The number of aryl methyl sites for hydroxylation is 1. The Balaban J connectivity index is 3.21. The highest BCUT2D eigenvalue weighted by Crippen LogP contribution is 2.29. The van der Waals surface area contributed by atoms with E-state index < -0.39 is 0 Å². The maximum Gasteiger partial charge on any atom is 0.0557 e. The van der Waals surface area contributed by atoms with Crippen LogP contribution in [0.5, 0.6) is 0 Å². The standard InChI is InChI=1S/C8H8Cl2S/c1-2-5-3-6(9)8(11)7(10)4-5/h3-4,11H,2H2,1H3. The molecule has 3 heteroatoms. The molecule has 0 radical (unpaired) electrons. The molecule has 0 aliphatic rings. The van der Waals surface area contributed by atoms with Gasteiger partial charge in [0.05, 0.1) is 10.0 Å². The fraction of sp³-hybridized carbons (Fsp3) is 0.250. The summed E-state index contributed by atoms with van der Waals surface area (Å²) < 4.78 is 0. The Morgan fingerprint density at radius 3 is 2.09 bits per heavy atom. The molecule has 0 bridgehead atoms. The quantitative estimate of drug-likeness (QED) is 0.664. The van der Waals surface area contributed by atoms with Gasteiger partial charge in [-0.05, 0) is 24.1 Å². The highest BCUT2D eigenvalue weighted by atomic mass is 35.5. The molecule has 0 saturated carbocycles. The first kappa shape index (κ1) is 9.24.